The maximum atomic E-state index is 11.7. The summed E-state index contributed by atoms with van der Waals surface area (Å²) in [5.41, 5.74) is 0. The van der Waals surface area contributed by atoms with E-state index in [0.29, 0.717) is 0 Å². The smallest absolute Gasteiger partial charge is 0.241 e. The lowest BCUT2D eigenvalue weighted by molar-refractivity contribution is 0.0486. The van der Waals surface area contributed by atoms with Crippen LogP contribution in [0.25, 0.3) is 0 Å². The molecule has 0 radical (unpaired) electrons. The lowest BCUT2D eigenvalue weighted by atomic mass is 10.3. The van der Waals surface area contributed by atoms with Crippen molar-refractivity contribution in [2.45, 2.75) is 19.0 Å². The topological polar surface area (TPSA) is 0 Å². The summed E-state index contributed by atoms with van der Waals surface area (Å²) < 4.78 is 34.1. The van der Waals surface area contributed by atoms with Crippen molar-refractivity contribution in [2.75, 3.05) is 5.88 Å². The van der Waals surface area contributed by atoms with Gasteiger partial charge >= 0.3 is 0 Å². The zero-order chi connectivity index (χ0) is 6.57. The molecule has 0 spiro atoms. The Kier molecular flexibility index (Phi) is 4.05. The summed E-state index contributed by atoms with van der Waals surface area (Å²) in [6.45, 7) is 0. The van der Waals surface area contributed by atoms with Gasteiger partial charge in [-0.3, -0.25) is 0 Å². The number of alkyl halides is 4. The van der Waals surface area contributed by atoms with Gasteiger partial charge < -0.3 is 0 Å². The molecular weight excluding hydrogens is 140 g/mol. The molecule has 1 unspecified atom stereocenters. The van der Waals surface area contributed by atoms with Gasteiger partial charge in [0.05, 0.1) is 0 Å². The van der Waals surface area contributed by atoms with Crippen LogP contribution in [0.3, 0.4) is 0 Å². The monoisotopic (exact) mass is 146 g/mol. The van der Waals surface area contributed by atoms with E-state index in [0.717, 1.165) is 0 Å². The normalized spacial score (nSPS) is 14.6. The van der Waals surface area contributed by atoms with Crippen LogP contribution < -0.4 is 0 Å². The standard InChI is InChI=1S/C4H6ClF3/c5-2-1-3(6)4(7)8/h3-4H,1-2H2. The first-order chi connectivity index (χ1) is 3.68. The van der Waals surface area contributed by atoms with Crippen LogP contribution in [-0.4, -0.2) is 18.5 Å². The van der Waals surface area contributed by atoms with E-state index in [4.69, 9.17) is 11.6 Å². The van der Waals surface area contributed by atoms with Crippen molar-refractivity contribution in [3.8, 4) is 0 Å². The molecule has 0 saturated heterocycles. The number of rotatable bonds is 3. The van der Waals surface area contributed by atoms with Crippen LogP contribution in [0.15, 0.2) is 0 Å². The highest BCUT2D eigenvalue weighted by molar-refractivity contribution is 6.17. The van der Waals surface area contributed by atoms with E-state index in [1.54, 1.807) is 0 Å². The van der Waals surface area contributed by atoms with Crippen molar-refractivity contribution in [2.24, 2.45) is 0 Å². The highest BCUT2D eigenvalue weighted by Gasteiger charge is 2.17. The fourth-order valence-electron chi connectivity index (χ4n) is 0.230. The summed E-state index contributed by atoms with van der Waals surface area (Å²) in [5, 5.41) is 0. The molecule has 50 valence electrons. The quantitative estimate of drug-likeness (QED) is 0.536. The molecule has 0 aromatic carbocycles. The van der Waals surface area contributed by atoms with Gasteiger partial charge in [0.15, 0.2) is 6.17 Å². The molecule has 0 aliphatic rings. The molecule has 0 fully saturated rings. The van der Waals surface area contributed by atoms with Crippen LogP contribution in [0.4, 0.5) is 13.2 Å². The van der Waals surface area contributed by atoms with Crippen LogP contribution in [0, 0.1) is 0 Å². The maximum absolute atomic E-state index is 11.7. The third-order valence-electron chi connectivity index (χ3n) is 0.658. The summed E-state index contributed by atoms with van der Waals surface area (Å²) in [7, 11) is 0. The van der Waals surface area contributed by atoms with Crippen LogP contribution in [-0.2, 0) is 0 Å². The van der Waals surface area contributed by atoms with Crippen LogP contribution in [0.5, 0.6) is 0 Å². The number of halogens is 4. The third kappa shape index (κ3) is 3.13. The van der Waals surface area contributed by atoms with Crippen molar-refractivity contribution < 1.29 is 13.2 Å². The van der Waals surface area contributed by atoms with E-state index in [-0.39, 0.29) is 12.3 Å². The molecule has 0 bridgehead atoms. The molecule has 0 saturated carbocycles. The maximum Gasteiger partial charge on any atom is 0.269 e. The molecule has 0 heterocycles. The Hall–Kier alpha value is 0.0800. The third-order valence-corrected chi connectivity index (χ3v) is 0.877. The van der Waals surface area contributed by atoms with Gasteiger partial charge in [-0.2, -0.15) is 0 Å². The second kappa shape index (κ2) is 4.01. The summed E-state index contributed by atoms with van der Waals surface area (Å²) in [6, 6.07) is 0. The molecule has 0 rings (SSSR count). The van der Waals surface area contributed by atoms with Gasteiger partial charge in [0.1, 0.15) is 0 Å². The van der Waals surface area contributed by atoms with Crippen molar-refractivity contribution in [1.82, 2.24) is 0 Å². The predicted octanol–water partition coefficient (Wildman–Crippen LogP) is 2.22. The average Bonchev–Trinajstić information content (AvgIpc) is 1.67. The summed E-state index contributed by atoms with van der Waals surface area (Å²) in [4.78, 5) is 0. The molecular formula is C4H6ClF3. The second-order valence-electron chi connectivity index (χ2n) is 1.33. The molecule has 0 aromatic heterocycles. The molecule has 0 N–H and O–H groups in total. The van der Waals surface area contributed by atoms with Gasteiger partial charge in [0, 0.05) is 5.88 Å². The van der Waals surface area contributed by atoms with Gasteiger partial charge in [0.25, 0.3) is 6.43 Å². The zero-order valence-electron chi connectivity index (χ0n) is 4.08. The van der Waals surface area contributed by atoms with Gasteiger partial charge in [0.2, 0.25) is 0 Å². The van der Waals surface area contributed by atoms with E-state index in [1.165, 1.54) is 0 Å². The highest BCUT2D eigenvalue weighted by Crippen LogP contribution is 2.09. The zero-order valence-corrected chi connectivity index (χ0v) is 4.84. The Morgan fingerprint density at radius 2 is 1.75 bits per heavy atom. The van der Waals surface area contributed by atoms with Crippen LogP contribution in [0.2, 0.25) is 0 Å². The summed E-state index contributed by atoms with van der Waals surface area (Å²) in [5.74, 6) is -0.0501. The summed E-state index contributed by atoms with van der Waals surface area (Å²) in [6.07, 6.45) is -5.19. The Bertz CT molecular complexity index is 57.2. The molecule has 1 atom stereocenters. The molecule has 8 heavy (non-hydrogen) atoms. The Balaban J connectivity index is 3.17. The first-order valence-corrected chi connectivity index (χ1v) is 2.70. The van der Waals surface area contributed by atoms with Crippen LogP contribution >= 0.6 is 11.6 Å². The van der Waals surface area contributed by atoms with Crippen molar-refractivity contribution >= 4 is 11.6 Å². The lowest BCUT2D eigenvalue weighted by Gasteiger charge is -2.01. The Morgan fingerprint density at radius 1 is 1.25 bits per heavy atom. The average molecular weight is 147 g/mol. The number of hydrogen-bond donors (Lipinski definition) is 0. The molecule has 4 heteroatoms. The SMILES string of the molecule is FC(F)C(F)CCCl. The fourth-order valence-corrected chi connectivity index (χ4v) is 0.439. The van der Waals surface area contributed by atoms with E-state index in [2.05, 4.69) is 0 Å². The van der Waals surface area contributed by atoms with Gasteiger partial charge in [-0.15, -0.1) is 11.6 Å². The molecule has 0 aromatic rings. The minimum absolute atomic E-state index is 0.0501. The van der Waals surface area contributed by atoms with E-state index < -0.39 is 12.6 Å². The van der Waals surface area contributed by atoms with Gasteiger partial charge in [-0.05, 0) is 6.42 Å². The van der Waals surface area contributed by atoms with Crippen molar-refractivity contribution in [3.05, 3.63) is 0 Å². The minimum atomic E-state index is -2.88. The van der Waals surface area contributed by atoms with Gasteiger partial charge in [-0.25, -0.2) is 13.2 Å². The summed E-state index contributed by atoms with van der Waals surface area (Å²) >= 11 is 4.97. The van der Waals surface area contributed by atoms with Crippen molar-refractivity contribution in [1.29, 1.82) is 0 Å². The fraction of sp³-hybridized carbons (Fsp3) is 1.00. The lowest BCUT2D eigenvalue weighted by Crippen LogP contribution is -2.11. The van der Waals surface area contributed by atoms with Crippen molar-refractivity contribution in [3.63, 3.8) is 0 Å². The Morgan fingerprint density at radius 3 is 1.88 bits per heavy atom. The first-order valence-electron chi connectivity index (χ1n) is 2.16. The second-order valence-corrected chi connectivity index (χ2v) is 1.71. The van der Waals surface area contributed by atoms with Crippen LogP contribution in [0.1, 0.15) is 6.42 Å². The first kappa shape index (κ1) is 8.08. The van der Waals surface area contributed by atoms with E-state index in [9.17, 15) is 13.2 Å². The molecule has 0 nitrogen and oxygen atoms in total. The highest BCUT2D eigenvalue weighted by atomic mass is 35.5. The van der Waals surface area contributed by atoms with Gasteiger partial charge in [-0.1, -0.05) is 0 Å². The Labute approximate surface area is 50.6 Å². The molecule has 0 amide bonds. The largest absolute Gasteiger partial charge is 0.269 e. The molecule has 0 aliphatic carbocycles. The van der Waals surface area contributed by atoms with E-state index >= 15 is 0 Å². The predicted molar refractivity (Wildman–Crippen MR) is 26.2 cm³/mol. The number of hydrogen-bond acceptors (Lipinski definition) is 0. The molecule has 0 aliphatic heterocycles. The minimum Gasteiger partial charge on any atom is -0.241 e. The van der Waals surface area contributed by atoms with E-state index in [1.807, 2.05) is 0 Å².